The molecule has 0 bridgehead atoms. The molecule has 0 aliphatic carbocycles. The van der Waals surface area contributed by atoms with Gasteiger partial charge in [-0.3, -0.25) is 0 Å². The minimum absolute atomic E-state index is 0.0316. The van der Waals surface area contributed by atoms with E-state index in [9.17, 15) is 4.79 Å². The first-order valence-corrected chi connectivity index (χ1v) is 8.25. The Morgan fingerprint density at radius 1 is 1.29 bits per heavy atom. The smallest absolute Gasteiger partial charge is 0.318 e. The second kappa shape index (κ2) is 8.52. The number of hydrogen-bond donors (Lipinski definition) is 1. The van der Waals surface area contributed by atoms with E-state index in [1.54, 1.807) is 22.5 Å². The molecular weight excluding hydrogens is 284 g/mol. The van der Waals surface area contributed by atoms with Gasteiger partial charge in [-0.15, -0.1) is 11.3 Å². The molecule has 0 saturated heterocycles. The predicted octanol–water partition coefficient (Wildman–Crippen LogP) is 4.24. The van der Waals surface area contributed by atoms with Crippen LogP contribution in [-0.2, 0) is 13.1 Å². The number of nitrogens with one attached hydrogen (secondary N) is 1. The number of amides is 2. The molecule has 2 amide bonds. The van der Waals surface area contributed by atoms with Crippen molar-refractivity contribution in [3.8, 4) is 0 Å². The predicted molar refractivity (Wildman–Crippen MR) is 85.2 cm³/mol. The van der Waals surface area contributed by atoms with Gasteiger partial charge in [0, 0.05) is 11.4 Å². The van der Waals surface area contributed by atoms with Crippen LogP contribution in [-0.4, -0.2) is 17.5 Å². The van der Waals surface area contributed by atoms with Gasteiger partial charge in [-0.05, 0) is 30.0 Å². The largest absolute Gasteiger partial charge is 0.467 e. The average molecular weight is 306 g/mol. The molecule has 5 heteroatoms. The molecule has 0 saturated carbocycles. The van der Waals surface area contributed by atoms with Crippen LogP contribution in [0.2, 0.25) is 0 Å². The maximum atomic E-state index is 12.3. The summed E-state index contributed by atoms with van der Waals surface area (Å²) in [4.78, 5) is 15.3. The summed E-state index contributed by atoms with van der Waals surface area (Å²) < 4.78 is 5.36. The van der Waals surface area contributed by atoms with Gasteiger partial charge in [0.2, 0.25) is 0 Å². The minimum Gasteiger partial charge on any atom is -0.467 e. The van der Waals surface area contributed by atoms with E-state index in [2.05, 4.69) is 12.2 Å². The number of thiophene rings is 1. The first kappa shape index (κ1) is 15.6. The Kier molecular flexibility index (Phi) is 6.34. The summed E-state index contributed by atoms with van der Waals surface area (Å²) >= 11 is 1.66. The first-order chi connectivity index (χ1) is 10.3. The van der Waals surface area contributed by atoms with Gasteiger partial charge in [0.25, 0.3) is 0 Å². The number of carbonyl (C=O) groups is 1. The molecule has 21 heavy (non-hydrogen) atoms. The Balaban J connectivity index is 1.92. The summed E-state index contributed by atoms with van der Waals surface area (Å²) in [7, 11) is 0. The van der Waals surface area contributed by atoms with Crippen LogP contribution in [0.15, 0.2) is 40.3 Å². The Bertz CT molecular complexity index is 472. The molecular formula is C16H22N2O2S. The van der Waals surface area contributed by atoms with Crippen molar-refractivity contribution in [2.45, 2.75) is 39.3 Å². The fourth-order valence-electron chi connectivity index (χ4n) is 2.06. The number of urea groups is 1. The molecule has 4 nitrogen and oxygen atoms in total. The maximum absolute atomic E-state index is 12.3. The Hall–Kier alpha value is -1.75. The van der Waals surface area contributed by atoms with Crippen LogP contribution in [0.4, 0.5) is 4.79 Å². The van der Waals surface area contributed by atoms with Crippen LogP contribution in [0, 0.1) is 0 Å². The lowest BCUT2D eigenvalue weighted by molar-refractivity contribution is 0.187. The monoisotopic (exact) mass is 306 g/mol. The first-order valence-electron chi connectivity index (χ1n) is 7.37. The fourth-order valence-corrected chi connectivity index (χ4v) is 2.78. The number of carbonyl (C=O) groups excluding carboxylic acids is 1. The number of rotatable bonds is 8. The van der Waals surface area contributed by atoms with Crippen LogP contribution >= 0.6 is 11.3 Å². The van der Waals surface area contributed by atoms with Crippen molar-refractivity contribution in [2.24, 2.45) is 0 Å². The van der Waals surface area contributed by atoms with E-state index >= 15 is 0 Å². The van der Waals surface area contributed by atoms with E-state index < -0.39 is 0 Å². The molecule has 0 radical (unpaired) electrons. The van der Waals surface area contributed by atoms with Crippen molar-refractivity contribution in [2.75, 3.05) is 6.54 Å². The molecule has 1 N–H and O–H groups in total. The summed E-state index contributed by atoms with van der Waals surface area (Å²) in [5, 5.41) is 5.02. The normalized spacial score (nSPS) is 10.5. The third kappa shape index (κ3) is 5.27. The van der Waals surface area contributed by atoms with Crippen LogP contribution in [0.1, 0.15) is 36.8 Å². The zero-order valence-electron chi connectivity index (χ0n) is 12.4. The van der Waals surface area contributed by atoms with Crippen LogP contribution in [0.3, 0.4) is 0 Å². The van der Waals surface area contributed by atoms with Gasteiger partial charge in [-0.2, -0.15) is 0 Å². The summed E-state index contributed by atoms with van der Waals surface area (Å²) in [5.74, 6) is 0.801. The molecule has 2 rings (SSSR count). The van der Waals surface area contributed by atoms with Crippen molar-refractivity contribution < 1.29 is 9.21 Å². The molecule has 2 heterocycles. The SMILES string of the molecule is CCCCCNC(=O)N(Cc1ccco1)Cc1cccs1. The van der Waals surface area contributed by atoms with Gasteiger partial charge >= 0.3 is 6.03 Å². The highest BCUT2D eigenvalue weighted by Crippen LogP contribution is 2.15. The van der Waals surface area contributed by atoms with E-state index in [0.717, 1.165) is 31.6 Å². The maximum Gasteiger partial charge on any atom is 0.318 e. The lowest BCUT2D eigenvalue weighted by Crippen LogP contribution is -2.39. The van der Waals surface area contributed by atoms with Crippen molar-refractivity contribution in [3.63, 3.8) is 0 Å². The van der Waals surface area contributed by atoms with Gasteiger partial charge in [0.1, 0.15) is 5.76 Å². The van der Waals surface area contributed by atoms with Crippen LogP contribution in [0.5, 0.6) is 0 Å². The fraction of sp³-hybridized carbons (Fsp3) is 0.438. The van der Waals surface area contributed by atoms with Crippen molar-refractivity contribution in [1.29, 1.82) is 0 Å². The van der Waals surface area contributed by atoms with E-state index in [1.165, 1.54) is 4.88 Å². The second-order valence-corrected chi connectivity index (χ2v) is 5.99. The standard InChI is InChI=1S/C16H22N2O2S/c1-2-3-4-9-17-16(19)18(12-14-7-5-10-20-14)13-15-8-6-11-21-15/h5-8,10-11H,2-4,9,12-13H2,1H3,(H,17,19). The summed E-state index contributed by atoms with van der Waals surface area (Å²) in [5.41, 5.74) is 0. The summed E-state index contributed by atoms with van der Waals surface area (Å²) in [6.07, 6.45) is 4.96. The number of furan rings is 1. The van der Waals surface area contributed by atoms with E-state index in [-0.39, 0.29) is 6.03 Å². The molecule has 2 aromatic heterocycles. The molecule has 0 aliphatic heterocycles. The molecule has 0 fully saturated rings. The van der Waals surface area contributed by atoms with E-state index in [4.69, 9.17) is 4.42 Å². The zero-order chi connectivity index (χ0) is 14.9. The van der Waals surface area contributed by atoms with Gasteiger partial charge in [-0.25, -0.2) is 4.79 Å². The lowest BCUT2D eigenvalue weighted by atomic mass is 10.2. The topological polar surface area (TPSA) is 45.5 Å². The highest BCUT2D eigenvalue weighted by atomic mass is 32.1. The van der Waals surface area contributed by atoms with Gasteiger partial charge < -0.3 is 14.6 Å². The van der Waals surface area contributed by atoms with Crippen LogP contribution in [0.25, 0.3) is 0 Å². The van der Waals surface area contributed by atoms with Crippen molar-refractivity contribution in [1.82, 2.24) is 10.2 Å². The number of nitrogens with zero attached hydrogens (tertiary/aromatic N) is 1. The highest BCUT2D eigenvalue weighted by Gasteiger charge is 2.15. The Morgan fingerprint density at radius 3 is 2.86 bits per heavy atom. The van der Waals surface area contributed by atoms with Crippen LogP contribution < -0.4 is 5.32 Å². The third-order valence-electron chi connectivity index (χ3n) is 3.20. The number of unbranched alkanes of at least 4 members (excludes halogenated alkanes) is 2. The summed E-state index contributed by atoms with van der Waals surface area (Å²) in [6, 6.07) is 7.76. The molecule has 114 valence electrons. The minimum atomic E-state index is -0.0316. The number of hydrogen-bond acceptors (Lipinski definition) is 3. The molecule has 0 atom stereocenters. The van der Waals surface area contributed by atoms with Crippen molar-refractivity contribution >= 4 is 17.4 Å². The average Bonchev–Trinajstić information content (AvgIpc) is 3.16. The quantitative estimate of drug-likeness (QED) is 0.741. The van der Waals surface area contributed by atoms with E-state index in [1.807, 2.05) is 29.6 Å². The van der Waals surface area contributed by atoms with Gasteiger partial charge in [0.05, 0.1) is 19.4 Å². The summed E-state index contributed by atoms with van der Waals surface area (Å²) in [6.45, 7) is 3.98. The molecule has 0 spiro atoms. The second-order valence-electron chi connectivity index (χ2n) is 4.95. The van der Waals surface area contributed by atoms with Gasteiger partial charge in [-0.1, -0.05) is 25.8 Å². The lowest BCUT2D eigenvalue weighted by Gasteiger charge is -2.21. The zero-order valence-corrected chi connectivity index (χ0v) is 13.2. The molecule has 0 aromatic carbocycles. The molecule has 0 unspecified atom stereocenters. The highest BCUT2D eigenvalue weighted by molar-refractivity contribution is 7.09. The molecule has 2 aromatic rings. The van der Waals surface area contributed by atoms with Crippen molar-refractivity contribution in [3.05, 3.63) is 46.5 Å². The van der Waals surface area contributed by atoms with Gasteiger partial charge in [0.15, 0.2) is 0 Å². The third-order valence-corrected chi connectivity index (χ3v) is 4.06. The Morgan fingerprint density at radius 2 is 2.19 bits per heavy atom. The molecule has 0 aliphatic rings. The Labute approximate surface area is 129 Å². The van der Waals surface area contributed by atoms with E-state index in [0.29, 0.717) is 13.1 Å².